The maximum Gasteiger partial charge on any atom is 0.279 e. The average molecular weight is 300 g/mol. The molecule has 1 unspecified atom stereocenters. The molecule has 7 heteroatoms. The van der Waals surface area contributed by atoms with Gasteiger partial charge in [-0.15, -0.1) is 0 Å². The minimum atomic E-state index is -3.47. The van der Waals surface area contributed by atoms with E-state index in [0.717, 1.165) is 25.1 Å². The number of aromatic nitrogens is 1. The van der Waals surface area contributed by atoms with Gasteiger partial charge in [-0.1, -0.05) is 13.0 Å². The van der Waals surface area contributed by atoms with Crippen LogP contribution in [-0.2, 0) is 10.2 Å². The molecule has 1 atom stereocenters. The molecule has 20 heavy (non-hydrogen) atoms. The molecule has 0 aromatic carbocycles. The van der Waals surface area contributed by atoms with Crippen LogP contribution >= 0.6 is 0 Å². The first-order valence-electron chi connectivity index (χ1n) is 6.81. The molecule has 1 heterocycles. The Morgan fingerprint density at radius 2 is 2.20 bits per heavy atom. The SMILES string of the molecule is CCNCCCN(C)S(=O)(=O)NC(C)c1cccnc1. The largest absolute Gasteiger partial charge is 0.317 e. The number of pyridine rings is 1. The second-order valence-electron chi connectivity index (χ2n) is 4.66. The average Bonchev–Trinajstić information content (AvgIpc) is 2.43. The highest BCUT2D eigenvalue weighted by atomic mass is 32.2. The zero-order valence-electron chi connectivity index (χ0n) is 12.3. The summed E-state index contributed by atoms with van der Waals surface area (Å²) in [6.07, 6.45) is 4.11. The van der Waals surface area contributed by atoms with E-state index < -0.39 is 10.2 Å². The molecule has 6 nitrogen and oxygen atoms in total. The molecular weight excluding hydrogens is 276 g/mol. The van der Waals surface area contributed by atoms with Crippen molar-refractivity contribution >= 4 is 10.2 Å². The summed E-state index contributed by atoms with van der Waals surface area (Å²) in [5.74, 6) is 0. The molecule has 0 aliphatic rings. The van der Waals surface area contributed by atoms with Gasteiger partial charge in [-0.25, -0.2) is 0 Å². The number of nitrogens with one attached hydrogen (secondary N) is 2. The zero-order chi connectivity index (χ0) is 15.0. The van der Waals surface area contributed by atoms with Crippen molar-refractivity contribution in [2.24, 2.45) is 0 Å². The second-order valence-corrected chi connectivity index (χ2v) is 6.47. The molecular formula is C13H24N4O2S. The van der Waals surface area contributed by atoms with Crippen LogP contribution < -0.4 is 10.0 Å². The first-order valence-corrected chi connectivity index (χ1v) is 8.25. The van der Waals surface area contributed by atoms with Crippen molar-refractivity contribution in [3.63, 3.8) is 0 Å². The fourth-order valence-electron chi connectivity index (χ4n) is 1.74. The van der Waals surface area contributed by atoms with Crippen LogP contribution in [0.25, 0.3) is 0 Å². The first kappa shape index (κ1) is 17.0. The Labute approximate surface area is 121 Å². The minimum Gasteiger partial charge on any atom is -0.317 e. The van der Waals surface area contributed by atoms with Gasteiger partial charge in [0.05, 0.1) is 0 Å². The van der Waals surface area contributed by atoms with Crippen molar-refractivity contribution in [3.05, 3.63) is 30.1 Å². The molecule has 114 valence electrons. The predicted octanol–water partition coefficient (Wildman–Crippen LogP) is 0.908. The van der Waals surface area contributed by atoms with E-state index in [4.69, 9.17) is 0 Å². The van der Waals surface area contributed by atoms with Crippen molar-refractivity contribution < 1.29 is 8.42 Å². The fourth-order valence-corrected chi connectivity index (χ4v) is 2.87. The van der Waals surface area contributed by atoms with Crippen molar-refractivity contribution in [3.8, 4) is 0 Å². The third-order valence-electron chi connectivity index (χ3n) is 3.00. The number of hydrogen-bond donors (Lipinski definition) is 2. The van der Waals surface area contributed by atoms with Gasteiger partial charge < -0.3 is 5.32 Å². The summed E-state index contributed by atoms with van der Waals surface area (Å²) >= 11 is 0. The number of rotatable bonds is 9. The molecule has 0 spiro atoms. The van der Waals surface area contributed by atoms with Crippen LogP contribution in [0.2, 0.25) is 0 Å². The summed E-state index contributed by atoms with van der Waals surface area (Å²) < 4.78 is 28.3. The van der Waals surface area contributed by atoms with E-state index in [1.54, 1.807) is 32.4 Å². The highest BCUT2D eigenvalue weighted by Crippen LogP contribution is 2.12. The number of hydrogen-bond acceptors (Lipinski definition) is 4. The van der Waals surface area contributed by atoms with Gasteiger partial charge >= 0.3 is 0 Å². The molecule has 1 aromatic rings. The lowest BCUT2D eigenvalue weighted by atomic mass is 10.2. The first-order chi connectivity index (χ1) is 9.47. The van der Waals surface area contributed by atoms with Crippen LogP contribution in [-0.4, -0.2) is 44.4 Å². The summed E-state index contributed by atoms with van der Waals surface area (Å²) in [5.41, 5.74) is 0.845. The summed E-state index contributed by atoms with van der Waals surface area (Å²) in [5, 5.41) is 3.17. The van der Waals surface area contributed by atoms with Crippen LogP contribution in [0.1, 0.15) is 31.9 Å². The zero-order valence-corrected chi connectivity index (χ0v) is 13.2. The van der Waals surface area contributed by atoms with E-state index in [1.807, 2.05) is 13.0 Å². The minimum absolute atomic E-state index is 0.301. The Bertz CT molecular complexity index is 478. The van der Waals surface area contributed by atoms with Crippen molar-refractivity contribution in [2.75, 3.05) is 26.7 Å². The van der Waals surface area contributed by atoms with Crippen molar-refractivity contribution in [1.29, 1.82) is 0 Å². The molecule has 1 rings (SSSR count). The predicted molar refractivity (Wildman–Crippen MR) is 80.5 cm³/mol. The molecule has 0 aliphatic carbocycles. The van der Waals surface area contributed by atoms with Gasteiger partial charge in [-0.3, -0.25) is 4.98 Å². The second kappa shape index (κ2) is 8.31. The Hall–Kier alpha value is -1.02. The van der Waals surface area contributed by atoms with E-state index in [0.29, 0.717) is 6.54 Å². The summed E-state index contributed by atoms with van der Waals surface area (Å²) in [7, 11) is -1.88. The maximum atomic E-state index is 12.2. The lowest BCUT2D eigenvalue weighted by Crippen LogP contribution is -2.40. The van der Waals surface area contributed by atoms with E-state index in [-0.39, 0.29) is 6.04 Å². The van der Waals surface area contributed by atoms with Crippen LogP contribution in [0, 0.1) is 0 Å². The Balaban J connectivity index is 2.51. The van der Waals surface area contributed by atoms with Gasteiger partial charge in [0, 0.05) is 32.0 Å². The Kier molecular flexibility index (Phi) is 7.08. The highest BCUT2D eigenvalue weighted by molar-refractivity contribution is 7.87. The summed E-state index contributed by atoms with van der Waals surface area (Å²) in [6, 6.07) is 3.34. The maximum absolute atomic E-state index is 12.2. The lowest BCUT2D eigenvalue weighted by Gasteiger charge is -2.21. The molecule has 0 fully saturated rings. The van der Waals surface area contributed by atoms with Gasteiger partial charge in [0.25, 0.3) is 10.2 Å². The van der Waals surface area contributed by atoms with E-state index in [2.05, 4.69) is 15.0 Å². The quantitative estimate of drug-likeness (QED) is 0.665. The van der Waals surface area contributed by atoms with Crippen LogP contribution in [0.3, 0.4) is 0 Å². The molecule has 0 bridgehead atoms. The Morgan fingerprint density at radius 1 is 1.45 bits per heavy atom. The molecule has 0 aliphatic heterocycles. The lowest BCUT2D eigenvalue weighted by molar-refractivity contribution is 0.439. The van der Waals surface area contributed by atoms with E-state index in [1.165, 1.54) is 4.31 Å². The van der Waals surface area contributed by atoms with Crippen LogP contribution in [0.15, 0.2) is 24.5 Å². The molecule has 0 amide bonds. The highest BCUT2D eigenvalue weighted by Gasteiger charge is 2.20. The summed E-state index contributed by atoms with van der Waals surface area (Å²) in [6.45, 7) is 6.03. The number of nitrogens with zero attached hydrogens (tertiary/aromatic N) is 2. The standard InChI is InChI=1S/C13H24N4O2S/c1-4-14-9-6-10-17(3)20(18,19)16-12(2)13-7-5-8-15-11-13/h5,7-8,11-12,14,16H,4,6,9-10H2,1-3H3. The monoisotopic (exact) mass is 300 g/mol. The van der Waals surface area contributed by atoms with E-state index in [9.17, 15) is 8.42 Å². The molecule has 1 aromatic heterocycles. The topological polar surface area (TPSA) is 74.3 Å². The van der Waals surface area contributed by atoms with Crippen LogP contribution in [0.4, 0.5) is 0 Å². The van der Waals surface area contributed by atoms with Gasteiger partial charge in [0.15, 0.2) is 0 Å². The molecule has 0 radical (unpaired) electrons. The molecule has 0 saturated heterocycles. The van der Waals surface area contributed by atoms with Crippen LogP contribution in [0.5, 0.6) is 0 Å². The van der Waals surface area contributed by atoms with E-state index >= 15 is 0 Å². The van der Waals surface area contributed by atoms with Gasteiger partial charge in [-0.2, -0.15) is 17.4 Å². The fraction of sp³-hybridized carbons (Fsp3) is 0.615. The smallest absolute Gasteiger partial charge is 0.279 e. The molecule has 0 saturated carbocycles. The van der Waals surface area contributed by atoms with Gasteiger partial charge in [0.1, 0.15) is 0 Å². The Morgan fingerprint density at radius 3 is 2.80 bits per heavy atom. The van der Waals surface area contributed by atoms with Gasteiger partial charge in [0.2, 0.25) is 0 Å². The third-order valence-corrected chi connectivity index (χ3v) is 4.65. The van der Waals surface area contributed by atoms with Crippen molar-refractivity contribution in [2.45, 2.75) is 26.3 Å². The summed E-state index contributed by atoms with van der Waals surface area (Å²) in [4.78, 5) is 3.99. The normalized spacial score (nSPS) is 13.6. The van der Waals surface area contributed by atoms with Crippen molar-refractivity contribution in [1.82, 2.24) is 19.3 Å². The third kappa shape index (κ3) is 5.54. The molecule has 2 N–H and O–H groups in total. The van der Waals surface area contributed by atoms with Gasteiger partial charge in [-0.05, 0) is 38.1 Å².